The first-order valence-corrected chi connectivity index (χ1v) is 8.61. The second kappa shape index (κ2) is 7.93. The molecule has 0 spiro atoms. The Morgan fingerprint density at radius 2 is 1.71 bits per heavy atom. The lowest BCUT2D eigenvalue weighted by atomic mass is 9.73. The van der Waals surface area contributed by atoms with Gasteiger partial charge in [-0.05, 0) is 62.5 Å². The first kappa shape index (κ1) is 16.5. The quantitative estimate of drug-likeness (QED) is 0.747. The lowest BCUT2D eigenvalue weighted by Crippen LogP contribution is -2.33. The van der Waals surface area contributed by atoms with E-state index in [0.29, 0.717) is 5.92 Å². The predicted molar refractivity (Wildman–Crippen MR) is 87.7 cm³/mol. The summed E-state index contributed by atoms with van der Waals surface area (Å²) in [6.45, 7) is 7.79. The number of hydrogen-bond acceptors (Lipinski definition) is 1. The molecule has 1 N–H and O–H groups in total. The van der Waals surface area contributed by atoms with Crippen molar-refractivity contribution in [2.24, 2.45) is 17.8 Å². The molecule has 1 aliphatic rings. The zero-order valence-electron chi connectivity index (χ0n) is 13.7. The fraction of sp³-hybridized carbons (Fsp3) is 0.684. The molecule has 1 fully saturated rings. The highest BCUT2D eigenvalue weighted by molar-refractivity contribution is 5.22. The summed E-state index contributed by atoms with van der Waals surface area (Å²) < 4.78 is 14.2. The van der Waals surface area contributed by atoms with Gasteiger partial charge in [0.1, 0.15) is 5.82 Å². The molecule has 1 aliphatic carbocycles. The largest absolute Gasteiger partial charge is 0.310 e. The van der Waals surface area contributed by atoms with Crippen molar-refractivity contribution in [3.63, 3.8) is 0 Å². The van der Waals surface area contributed by atoms with E-state index in [1.807, 2.05) is 12.1 Å². The Balaban J connectivity index is 2.09. The average Bonchev–Trinajstić information content (AvgIpc) is 2.50. The topological polar surface area (TPSA) is 12.0 Å². The van der Waals surface area contributed by atoms with Crippen LogP contribution >= 0.6 is 0 Å². The fourth-order valence-electron chi connectivity index (χ4n) is 3.70. The monoisotopic (exact) mass is 291 g/mol. The number of nitrogens with one attached hydrogen (secondary N) is 1. The number of benzene rings is 1. The van der Waals surface area contributed by atoms with Crippen molar-refractivity contribution in [2.45, 2.75) is 58.9 Å². The summed E-state index contributed by atoms with van der Waals surface area (Å²) in [5.41, 5.74) is 0.860. The standard InChI is InChI=1S/C19H30FN/c1-4-13-21-19(17-7-5-6-8-18(17)20)16-11-9-15(10-12-16)14(2)3/h5-8,14-16,19,21H,4,9-13H2,1-3H3. The normalized spacial score (nSPS) is 24.2. The fourth-order valence-corrected chi connectivity index (χ4v) is 3.70. The minimum Gasteiger partial charge on any atom is -0.310 e. The van der Waals surface area contributed by atoms with E-state index in [0.717, 1.165) is 30.4 Å². The van der Waals surface area contributed by atoms with Crippen LogP contribution in [0.1, 0.15) is 64.5 Å². The summed E-state index contributed by atoms with van der Waals surface area (Å²) in [6.07, 6.45) is 6.12. The summed E-state index contributed by atoms with van der Waals surface area (Å²) in [6, 6.07) is 7.47. The maximum Gasteiger partial charge on any atom is 0.127 e. The van der Waals surface area contributed by atoms with E-state index in [-0.39, 0.29) is 11.9 Å². The van der Waals surface area contributed by atoms with Gasteiger partial charge in [0, 0.05) is 11.6 Å². The molecular formula is C19H30FN. The van der Waals surface area contributed by atoms with Crippen LogP contribution in [-0.2, 0) is 0 Å². The Bertz CT molecular complexity index is 421. The summed E-state index contributed by atoms with van der Waals surface area (Å²) in [7, 11) is 0. The molecular weight excluding hydrogens is 261 g/mol. The van der Waals surface area contributed by atoms with Gasteiger partial charge in [0.05, 0.1) is 0 Å². The molecule has 1 unspecified atom stereocenters. The smallest absolute Gasteiger partial charge is 0.127 e. The zero-order valence-corrected chi connectivity index (χ0v) is 13.7. The first-order chi connectivity index (χ1) is 10.1. The Hall–Kier alpha value is -0.890. The highest BCUT2D eigenvalue weighted by Crippen LogP contribution is 2.39. The molecule has 0 bridgehead atoms. The Morgan fingerprint density at radius 3 is 2.29 bits per heavy atom. The lowest BCUT2D eigenvalue weighted by molar-refractivity contribution is 0.187. The van der Waals surface area contributed by atoms with Gasteiger partial charge in [-0.25, -0.2) is 4.39 Å². The van der Waals surface area contributed by atoms with Crippen molar-refractivity contribution >= 4 is 0 Å². The van der Waals surface area contributed by atoms with Crippen molar-refractivity contribution in [1.82, 2.24) is 5.32 Å². The van der Waals surface area contributed by atoms with Gasteiger partial charge in [-0.15, -0.1) is 0 Å². The summed E-state index contributed by atoms with van der Waals surface area (Å²) >= 11 is 0. The van der Waals surface area contributed by atoms with Crippen molar-refractivity contribution in [3.8, 4) is 0 Å². The highest BCUT2D eigenvalue weighted by atomic mass is 19.1. The summed E-state index contributed by atoms with van der Waals surface area (Å²) in [4.78, 5) is 0. The van der Waals surface area contributed by atoms with Gasteiger partial charge in [0.25, 0.3) is 0 Å². The molecule has 1 atom stereocenters. The van der Waals surface area contributed by atoms with Crippen molar-refractivity contribution in [3.05, 3.63) is 35.6 Å². The van der Waals surface area contributed by atoms with Gasteiger partial charge in [0.15, 0.2) is 0 Å². The van der Waals surface area contributed by atoms with Crippen LogP contribution in [0.4, 0.5) is 4.39 Å². The molecule has 0 saturated heterocycles. The minimum absolute atomic E-state index is 0.0583. The first-order valence-electron chi connectivity index (χ1n) is 8.61. The minimum atomic E-state index is -0.0583. The third kappa shape index (κ3) is 4.29. The lowest BCUT2D eigenvalue weighted by Gasteiger charge is -2.36. The van der Waals surface area contributed by atoms with E-state index in [9.17, 15) is 4.39 Å². The maximum absolute atomic E-state index is 14.2. The molecule has 2 heteroatoms. The van der Waals surface area contributed by atoms with Crippen molar-refractivity contribution in [1.29, 1.82) is 0 Å². The van der Waals surface area contributed by atoms with Crippen LogP contribution in [0.5, 0.6) is 0 Å². The maximum atomic E-state index is 14.2. The number of halogens is 1. The van der Waals surface area contributed by atoms with Gasteiger partial charge >= 0.3 is 0 Å². The Kier molecular flexibility index (Phi) is 6.22. The van der Waals surface area contributed by atoms with Crippen LogP contribution < -0.4 is 5.32 Å². The van der Waals surface area contributed by atoms with Crippen molar-refractivity contribution in [2.75, 3.05) is 6.54 Å². The summed E-state index contributed by atoms with van der Waals surface area (Å²) in [5.74, 6) is 2.15. The molecule has 0 amide bonds. The molecule has 1 saturated carbocycles. The second-order valence-electron chi connectivity index (χ2n) is 6.87. The summed E-state index contributed by atoms with van der Waals surface area (Å²) in [5, 5.41) is 3.60. The second-order valence-corrected chi connectivity index (χ2v) is 6.87. The van der Waals surface area contributed by atoms with Gasteiger partial charge in [0.2, 0.25) is 0 Å². The zero-order chi connectivity index (χ0) is 15.2. The molecule has 21 heavy (non-hydrogen) atoms. The molecule has 118 valence electrons. The molecule has 1 aromatic carbocycles. The van der Waals surface area contributed by atoms with E-state index >= 15 is 0 Å². The van der Waals surface area contributed by atoms with Crippen molar-refractivity contribution < 1.29 is 4.39 Å². The Labute approximate surface area is 129 Å². The van der Waals surface area contributed by atoms with Crippen LogP contribution in [0.15, 0.2) is 24.3 Å². The molecule has 1 aromatic rings. The van der Waals surface area contributed by atoms with Crippen LogP contribution in [0, 0.1) is 23.6 Å². The van der Waals surface area contributed by atoms with E-state index in [1.165, 1.54) is 25.7 Å². The average molecular weight is 291 g/mol. The van der Waals surface area contributed by atoms with E-state index in [1.54, 1.807) is 12.1 Å². The highest BCUT2D eigenvalue weighted by Gasteiger charge is 2.30. The predicted octanol–water partition coefficient (Wildman–Crippen LogP) is 5.33. The van der Waals surface area contributed by atoms with Gasteiger partial charge in [-0.1, -0.05) is 39.0 Å². The molecule has 0 radical (unpaired) electrons. The van der Waals surface area contributed by atoms with Gasteiger partial charge in [-0.2, -0.15) is 0 Å². The van der Waals surface area contributed by atoms with Crippen LogP contribution in [0.3, 0.4) is 0 Å². The Morgan fingerprint density at radius 1 is 1.10 bits per heavy atom. The van der Waals surface area contributed by atoms with E-state index < -0.39 is 0 Å². The third-order valence-corrected chi connectivity index (χ3v) is 5.09. The van der Waals surface area contributed by atoms with E-state index in [4.69, 9.17) is 0 Å². The molecule has 2 rings (SSSR count). The van der Waals surface area contributed by atoms with Crippen LogP contribution in [0.25, 0.3) is 0 Å². The number of rotatable bonds is 6. The molecule has 0 aliphatic heterocycles. The molecule has 0 aromatic heterocycles. The molecule has 0 heterocycles. The van der Waals surface area contributed by atoms with Gasteiger partial charge in [-0.3, -0.25) is 0 Å². The van der Waals surface area contributed by atoms with E-state index in [2.05, 4.69) is 26.1 Å². The van der Waals surface area contributed by atoms with Crippen LogP contribution in [-0.4, -0.2) is 6.54 Å². The SMILES string of the molecule is CCCNC(c1ccccc1F)C1CCC(C(C)C)CC1. The molecule has 1 nitrogen and oxygen atoms in total. The van der Waals surface area contributed by atoms with Gasteiger partial charge < -0.3 is 5.32 Å². The number of hydrogen-bond donors (Lipinski definition) is 1. The third-order valence-electron chi connectivity index (χ3n) is 5.09. The van der Waals surface area contributed by atoms with Crippen LogP contribution in [0.2, 0.25) is 0 Å².